The molecule has 0 spiro atoms. The summed E-state index contributed by atoms with van der Waals surface area (Å²) >= 11 is 0. The van der Waals surface area contributed by atoms with Crippen molar-refractivity contribution in [2.24, 2.45) is 5.73 Å². The van der Waals surface area contributed by atoms with Gasteiger partial charge in [-0.1, -0.05) is 18.2 Å². The van der Waals surface area contributed by atoms with Gasteiger partial charge in [-0.2, -0.15) is 0 Å². The molecule has 2 atom stereocenters. The Morgan fingerprint density at radius 2 is 1.92 bits per heavy atom. The van der Waals surface area contributed by atoms with Crippen molar-refractivity contribution in [2.75, 3.05) is 0 Å². The number of rotatable bonds is 1. The first-order valence-electron chi connectivity index (χ1n) is 4.51. The summed E-state index contributed by atoms with van der Waals surface area (Å²) in [5.41, 5.74) is 9.96. The number of aryl methyl sites for hydroxylation is 2. The zero-order chi connectivity index (χ0) is 8.72. The van der Waals surface area contributed by atoms with Crippen molar-refractivity contribution in [1.29, 1.82) is 0 Å². The molecule has 1 fully saturated rings. The van der Waals surface area contributed by atoms with Crippen LogP contribution in [0.2, 0.25) is 0 Å². The Morgan fingerprint density at radius 1 is 1.25 bits per heavy atom. The van der Waals surface area contributed by atoms with Crippen LogP contribution in [0.1, 0.15) is 29.0 Å². The summed E-state index contributed by atoms with van der Waals surface area (Å²) in [7, 11) is 0. The summed E-state index contributed by atoms with van der Waals surface area (Å²) in [6, 6.07) is 7.09. The minimum Gasteiger partial charge on any atom is -0.327 e. The Bertz CT molecular complexity index is 304. The highest BCUT2D eigenvalue weighted by Crippen LogP contribution is 2.39. The fourth-order valence-corrected chi connectivity index (χ4v) is 1.59. The molecule has 0 amide bonds. The van der Waals surface area contributed by atoms with Crippen LogP contribution in [0.3, 0.4) is 0 Å². The summed E-state index contributed by atoms with van der Waals surface area (Å²) in [6.07, 6.45) is 1.17. The second-order valence-corrected chi connectivity index (χ2v) is 3.85. The third-order valence-electron chi connectivity index (χ3n) is 2.80. The molecule has 1 heteroatoms. The molecule has 1 aromatic rings. The normalized spacial score (nSPS) is 27.2. The van der Waals surface area contributed by atoms with Crippen molar-refractivity contribution >= 4 is 0 Å². The molecule has 64 valence electrons. The quantitative estimate of drug-likeness (QED) is 0.670. The van der Waals surface area contributed by atoms with Crippen molar-refractivity contribution in [2.45, 2.75) is 32.2 Å². The zero-order valence-electron chi connectivity index (χ0n) is 7.67. The van der Waals surface area contributed by atoms with Gasteiger partial charge in [0, 0.05) is 12.0 Å². The van der Waals surface area contributed by atoms with Gasteiger partial charge in [-0.15, -0.1) is 0 Å². The van der Waals surface area contributed by atoms with Gasteiger partial charge >= 0.3 is 0 Å². The maximum atomic E-state index is 5.79. The van der Waals surface area contributed by atoms with Crippen molar-refractivity contribution in [3.63, 3.8) is 0 Å². The lowest BCUT2D eigenvalue weighted by Crippen LogP contribution is -2.01. The van der Waals surface area contributed by atoms with Crippen molar-refractivity contribution in [3.8, 4) is 0 Å². The maximum absolute atomic E-state index is 5.79. The van der Waals surface area contributed by atoms with Crippen LogP contribution >= 0.6 is 0 Å². The number of nitrogens with two attached hydrogens (primary N) is 1. The number of hydrogen-bond acceptors (Lipinski definition) is 1. The lowest BCUT2D eigenvalue weighted by atomic mass is 10.0. The van der Waals surface area contributed by atoms with Gasteiger partial charge in [-0.3, -0.25) is 0 Å². The molecule has 0 saturated heterocycles. The molecule has 0 aromatic heterocycles. The van der Waals surface area contributed by atoms with Gasteiger partial charge in [0.1, 0.15) is 0 Å². The smallest absolute Gasteiger partial charge is 0.0115 e. The van der Waals surface area contributed by atoms with Gasteiger partial charge in [0.2, 0.25) is 0 Å². The molecular formula is C11H15N. The highest BCUT2D eigenvalue weighted by molar-refractivity contribution is 5.35. The molecule has 2 rings (SSSR count). The SMILES string of the molecule is Cc1ccc([C@H]2C[C@H]2N)cc1C. The van der Waals surface area contributed by atoms with E-state index in [4.69, 9.17) is 5.73 Å². The third-order valence-corrected chi connectivity index (χ3v) is 2.80. The Morgan fingerprint density at radius 3 is 2.42 bits per heavy atom. The molecule has 2 N–H and O–H groups in total. The predicted octanol–water partition coefficient (Wildman–Crippen LogP) is 2.12. The molecule has 1 aliphatic rings. The van der Waals surface area contributed by atoms with Crippen molar-refractivity contribution in [1.82, 2.24) is 0 Å². The topological polar surface area (TPSA) is 26.0 Å². The molecule has 1 aliphatic carbocycles. The van der Waals surface area contributed by atoms with Gasteiger partial charge in [0.15, 0.2) is 0 Å². The van der Waals surface area contributed by atoms with E-state index in [1.165, 1.54) is 23.1 Å². The summed E-state index contributed by atoms with van der Waals surface area (Å²) < 4.78 is 0. The van der Waals surface area contributed by atoms with Crippen LogP contribution in [0, 0.1) is 13.8 Å². The summed E-state index contributed by atoms with van der Waals surface area (Å²) in [6.45, 7) is 4.30. The molecule has 0 heterocycles. The molecule has 0 aliphatic heterocycles. The summed E-state index contributed by atoms with van der Waals surface area (Å²) in [5.74, 6) is 0.643. The zero-order valence-corrected chi connectivity index (χ0v) is 7.67. The van der Waals surface area contributed by atoms with E-state index < -0.39 is 0 Å². The highest BCUT2D eigenvalue weighted by atomic mass is 14.7. The summed E-state index contributed by atoms with van der Waals surface area (Å²) in [5, 5.41) is 0. The maximum Gasteiger partial charge on any atom is 0.0115 e. The van der Waals surface area contributed by atoms with E-state index in [1.54, 1.807) is 0 Å². The van der Waals surface area contributed by atoms with Crippen LogP contribution in [-0.4, -0.2) is 6.04 Å². The first-order valence-corrected chi connectivity index (χ1v) is 4.51. The molecular weight excluding hydrogens is 146 g/mol. The lowest BCUT2D eigenvalue weighted by molar-refractivity contribution is 0.987. The number of benzene rings is 1. The third kappa shape index (κ3) is 1.25. The average molecular weight is 161 g/mol. The minimum absolute atomic E-state index is 0.423. The Hall–Kier alpha value is -0.820. The standard InChI is InChI=1S/C11H15N/c1-7-3-4-9(5-8(7)2)10-6-11(10)12/h3-5,10-11H,6,12H2,1-2H3/t10-,11-/m1/s1. The van der Waals surface area contributed by atoms with Crippen molar-refractivity contribution < 1.29 is 0 Å². The summed E-state index contributed by atoms with van der Waals surface area (Å²) in [4.78, 5) is 0. The van der Waals surface area contributed by atoms with Crippen molar-refractivity contribution in [3.05, 3.63) is 34.9 Å². The molecule has 0 bridgehead atoms. The van der Waals surface area contributed by atoms with Crippen LogP contribution < -0.4 is 5.73 Å². The molecule has 1 aromatic carbocycles. The monoisotopic (exact) mass is 161 g/mol. The second kappa shape index (κ2) is 2.60. The fourth-order valence-electron chi connectivity index (χ4n) is 1.59. The molecule has 0 radical (unpaired) electrons. The van der Waals surface area contributed by atoms with E-state index in [2.05, 4.69) is 32.0 Å². The van der Waals surface area contributed by atoms with Crippen LogP contribution in [0.25, 0.3) is 0 Å². The van der Waals surface area contributed by atoms with Crippen LogP contribution in [0.5, 0.6) is 0 Å². The predicted molar refractivity (Wildman–Crippen MR) is 51.2 cm³/mol. The van der Waals surface area contributed by atoms with Crippen LogP contribution in [0.4, 0.5) is 0 Å². The van der Waals surface area contributed by atoms with Gasteiger partial charge in [0.05, 0.1) is 0 Å². The molecule has 1 saturated carbocycles. The first kappa shape index (κ1) is 7.81. The Balaban J connectivity index is 2.29. The van der Waals surface area contributed by atoms with Gasteiger partial charge in [-0.25, -0.2) is 0 Å². The van der Waals surface area contributed by atoms with E-state index in [0.29, 0.717) is 12.0 Å². The van der Waals surface area contributed by atoms with Crippen LogP contribution in [0.15, 0.2) is 18.2 Å². The average Bonchev–Trinajstić information content (AvgIpc) is 2.73. The Labute approximate surface area is 73.6 Å². The Kier molecular flexibility index (Phi) is 1.69. The van der Waals surface area contributed by atoms with E-state index >= 15 is 0 Å². The highest BCUT2D eigenvalue weighted by Gasteiger charge is 2.34. The fraction of sp³-hybridized carbons (Fsp3) is 0.455. The molecule has 1 nitrogen and oxygen atoms in total. The largest absolute Gasteiger partial charge is 0.327 e. The lowest BCUT2D eigenvalue weighted by Gasteiger charge is -2.03. The van der Waals surface area contributed by atoms with Gasteiger partial charge in [0.25, 0.3) is 0 Å². The van der Waals surface area contributed by atoms with Crippen LogP contribution in [-0.2, 0) is 0 Å². The first-order chi connectivity index (χ1) is 5.68. The molecule has 12 heavy (non-hydrogen) atoms. The van der Waals surface area contributed by atoms with E-state index in [9.17, 15) is 0 Å². The van der Waals surface area contributed by atoms with E-state index in [-0.39, 0.29) is 0 Å². The molecule has 0 unspecified atom stereocenters. The second-order valence-electron chi connectivity index (χ2n) is 3.85. The van der Waals surface area contributed by atoms with Gasteiger partial charge < -0.3 is 5.73 Å². The minimum atomic E-state index is 0.423. The number of hydrogen-bond donors (Lipinski definition) is 1. The van der Waals surface area contributed by atoms with E-state index in [1.807, 2.05) is 0 Å². The van der Waals surface area contributed by atoms with Gasteiger partial charge in [-0.05, 0) is 37.0 Å². The van der Waals surface area contributed by atoms with E-state index in [0.717, 1.165) is 0 Å².